The van der Waals surface area contributed by atoms with E-state index in [0.717, 1.165) is 0 Å². The molecule has 2 atom stereocenters. The van der Waals surface area contributed by atoms with Crippen molar-refractivity contribution in [3.63, 3.8) is 0 Å². The predicted octanol–water partition coefficient (Wildman–Crippen LogP) is 0.724. The quantitative estimate of drug-likeness (QED) is 0.753. The lowest BCUT2D eigenvalue weighted by Gasteiger charge is -2.12. The highest BCUT2D eigenvalue weighted by Crippen LogP contribution is 2.32. The molecule has 1 N–H and O–H groups in total. The second-order valence-corrected chi connectivity index (χ2v) is 9.65. The summed E-state index contributed by atoms with van der Waals surface area (Å²) >= 11 is 1.34. The number of carbonyl (C=O) groups excluding carboxylic acids is 1. The molecule has 0 radical (unpaired) electrons. The minimum Gasteiger partial charge on any atom is -0.353 e. The van der Waals surface area contributed by atoms with Crippen LogP contribution in [0.4, 0.5) is 0 Å². The second kappa shape index (κ2) is 6.43. The minimum absolute atomic E-state index is 0.00222. The molecule has 1 saturated heterocycles. The van der Waals surface area contributed by atoms with Gasteiger partial charge in [0.1, 0.15) is 5.82 Å². The zero-order valence-corrected chi connectivity index (χ0v) is 15.0. The van der Waals surface area contributed by atoms with Crippen molar-refractivity contribution in [3.8, 4) is 0 Å². The lowest BCUT2D eigenvalue weighted by molar-refractivity contribution is -0.119. The average Bonchev–Trinajstić information content (AvgIpc) is 3.18. The van der Waals surface area contributed by atoms with Crippen LogP contribution >= 0.6 is 11.8 Å². The first-order chi connectivity index (χ1) is 10.9. The van der Waals surface area contributed by atoms with Crippen LogP contribution in [0.1, 0.15) is 37.9 Å². The largest absolute Gasteiger partial charge is 0.353 e. The molecular formula is C14H22N4O3S2. The van der Waals surface area contributed by atoms with E-state index in [-0.39, 0.29) is 29.4 Å². The summed E-state index contributed by atoms with van der Waals surface area (Å²) in [5, 5.41) is 11.9. The number of rotatable bonds is 6. The average molecular weight is 358 g/mol. The maximum atomic E-state index is 11.9. The van der Waals surface area contributed by atoms with Crippen LogP contribution in [-0.4, -0.2) is 52.4 Å². The Morgan fingerprint density at radius 3 is 2.74 bits per heavy atom. The monoisotopic (exact) mass is 358 g/mol. The van der Waals surface area contributed by atoms with Crippen LogP contribution in [0.25, 0.3) is 0 Å². The van der Waals surface area contributed by atoms with Crippen LogP contribution in [0.15, 0.2) is 5.16 Å². The van der Waals surface area contributed by atoms with E-state index >= 15 is 0 Å². The first-order valence-electron chi connectivity index (χ1n) is 7.87. The Hall–Kier alpha value is -1.09. The third kappa shape index (κ3) is 4.06. The number of sulfone groups is 1. The number of thioether (sulfide) groups is 1. The molecule has 3 rings (SSSR count). The molecular weight excluding hydrogens is 336 g/mol. The molecule has 128 valence electrons. The Labute approximate surface area is 140 Å². The summed E-state index contributed by atoms with van der Waals surface area (Å²) in [6.07, 6.45) is 3.00. The molecule has 23 heavy (non-hydrogen) atoms. The molecule has 0 unspecified atom stereocenters. The normalized spacial score (nSPS) is 24.5. The summed E-state index contributed by atoms with van der Waals surface area (Å²) in [7, 11) is -1.12. The number of hydrogen-bond donors (Lipinski definition) is 1. The van der Waals surface area contributed by atoms with E-state index < -0.39 is 9.84 Å². The second-order valence-electron chi connectivity index (χ2n) is 6.48. The van der Waals surface area contributed by atoms with E-state index in [9.17, 15) is 13.2 Å². The van der Waals surface area contributed by atoms with Crippen LogP contribution in [0.3, 0.4) is 0 Å². The van der Waals surface area contributed by atoms with Crippen LogP contribution in [0, 0.1) is 5.92 Å². The third-order valence-corrected chi connectivity index (χ3v) is 7.30. The smallest absolute Gasteiger partial charge is 0.230 e. The summed E-state index contributed by atoms with van der Waals surface area (Å²) in [5.74, 6) is 1.90. The maximum absolute atomic E-state index is 11.9. The molecule has 1 aromatic rings. The topological polar surface area (TPSA) is 94.0 Å². The Morgan fingerprint density at radius 1 is 1.39 bits per heavy atom. The van der Waals surface area contributed by atoms with Crippen LogP contribution < -0.4 is 5.32 Å². The van der Waals surface area contributed by atoms with Gasteiger partial charge in [-0.3, -0.25) is 4.79 Å². The zero-order valence-electron chi connectivity index (χ0n) is 13.4. The predicted molar refractivity (Wildman–Crippen MR) is 88.1 cm³/mol. The Bertz CT molecular complexity index is 697. The first kappa shape index (κ1) is 16.8. The summed E-state index contributed by atoms with van der Waals surface area (Å²) in [6, 6.07) is 0.238. The van der Waals surface area contributed by atoms with Gasteiger partial charge in [0.05, 0.1) is 17.3 Å². The van der Waals surface area contributed by atoms with E-state index in [2.05, 4.69) is 15.5 Å². The highest BCUT2D eigenvalue weighted by atomic mass is 32.2. The first-order valence-corrected chi connectivity index (χ1v) is 10.7. The van der Waals surface area contributed by atoms with Crippen molar-refractivity contribution in [2.24, 2.45) is 13.0 Å². The molecule has 0 bridgehead atoms. The summed E-state index contributed by atoms with van der Waals surface area (Å²) < 4.78 is 25.0. The van der Waals surface area contributed by atoms with Crippen molar-refractivity contribution in [1.82, 2.24) is 20.1 Å². The Kier molecular flexibility index (Phi) is 4.68. The number of hydrogen-bond acceptors (Lipinski definition) is 6. The molecule has 1 amide bonds. The molecule has 0 aromatic carbocycles. The summed E-state index contributed by atoms with van der Waals surface area (Å²) in [6.45, 7) is 2.04. The fourth-order valence-corrected chi connectivity index (χ4v) is 5.41. The molecule has 2 heterocycles. The van der Waals surface area contributed by atoms with Gasteiger partial charge in [-0.1, -0.05) is 11.8 Å². The van der Waals surface area contributed by atoms with Crippen molar-refractivity contribution in [2.75, 3.05) is 17.3 Å². The van der Waals surface area contributed by atoms with E-state index in [1.807, 2.05) is 18.5 Å². The van der Waals surface area contributed by atoms with E-state index in [4.69, 9.17) is 0 Å². The van der Waals surface area contributed by atoms with Crippen LogP contribution in [0.2, 0.25) is 0 Å². The number of carbonyl (C=O) groups is 1. The third-order valence-electron chi connectivity index (χ3n) is 4.52. The molecule has 2 aliphatic rings. The van der Waals surface area contributed by atoms with Gasteiger partial charge < -0.3 is 9.88 Å². The van der Waals surface area contributed by atoms with Gasteiger partial charge in [0.25, 0.3) is 0 Å². The van der Waals surface area contributed by atoms with Gasteiger partial charge in [0.15, 0.2) is 15.0 Å². The van der Waals surface area contributed by atoms with Gasteiger partial charge >= 0.3 is 0 Å². The highest BCUT2D eigenvalue weighted by Gasteiger charge is 2.33. The summed E-state index contributed by atoms with van der Waals surface area (Å²) in [5.41, 5.74) is 0. The van der Waals surface area contributed by atoms with Crippen molar-refractivity contribution < 1.29 is 13.2 Å². The highest BCUT2D eigenvalue weighted by molar-refractivity contribution is 7.99. The SMILES string of the molecule is C[C@@H](NC(=O)CSc1nnc([C@H]2CCS(=O)(=O)C2)n1C)C1CC1. The van der Waals surface area contributed by atoms with E-state index in [0.29, 0.717) is 29.1 Å². The molecule has 7 nitrogen and oxygen atoms in total. The molecule has 2 fully saturated rings. The van der Waals surface area contributed by atoms with Crippen LogP contribution in [-0.2, 0) is 21.7 Å². The Balaban J connectivity index is 1.56. The summed E-state index contributed by atoms with van der Waals surface area (Å²) in [4.78, 5) is 11.9. The molecule has 1 saturated carbocycles. The Morgan fingerprint density at radius 2 is 2.13 bits per heavy atom. The van der Waals surface area contributed by atoms with Gasteiger partial charge in [-0.2, -0.15) is 0 Å². The maximum Gasteiger partial charge on any atom is 0.230 e. The lowest BCUT2D eigenvalue weighted by Crippen LogP contribution is -2.35. The van der Waals surface area contributed by atoms with E-state index in [1.54, 1.807) is 0 Å². The fraction of sp³-hybridized carbons (Fsp3) is 0.786. The molecule has 1 aliphatic carbocycles. The molecule has 0 spiro atoms. The van der Waals surface area contributed by atoms with E-state index in [1.165, 1.54) is 24.6 Å². The van der Waals surface area contributed by atoms with Gasteiger partial charge in [-0.25, -0.2) is 8.42 Å². The van der Waals surface area contributed by atoms with Gasteiger partial charge in [-0.05, 0) is 32.1 Å². The fourth-order valence-electron chi connectivity index (χ4n) is 2.95. The lowest BCUT2D eigenvalue weighted by atomic mass is 10.1. The number of nitrogens with one attached hydrogen (secondary N) is 1. The van der Waals surface area contributed by atoms with Gasteiger partial charge in [0, 0.05) is 19.0 Å². The van der Waals surface area contributed by atoms with Crippen molar-refractivity contribution in [1.29, 1.82) is 0 Å². The molecule has 1 aromatic heterocycles. The number of nitrogens with zero attached hydrogens (tertiary/aromatic N) is 3. The number of amides is 1. The van der Waals surface area contributed by atoms with Gasteiger partial charge in [-0.15, -0.1) is 10.2 Å². The molecule has 1 aliphatic heterocycles. The standard InChI is InChI=1S/C14H22N4O3S2/c1-9(10-3-4-10)15-12(19)7-22-14-17-16-13(18(14)2)11-5-6-23(20,21)8-11/h9-11H,3-8H2,1-2H3,(H,15,19)/t9-,11+/m1/s1. The molecule has 9 heteroatoms. The number of aromatic nitrogens is 3. The van der Waals surface area contributed by atoms with Crippen molar-refractivity contribution in [3.05, 3.63) is 5.82 Å². The zero-order chi connectivity index (χ0) is 16.6. The minimum atomic E-state index is -2.94. The van der Waals surface area contributed by atoms with Crippen LogP contribution in [0.5, 0.6) is 0 Å². The van der Waals surface area contributed by atoms with Crippen molar-refractivity contribution >= 4 is 27.5 Å². The van der Waals surface area contributed by atoms with Crippen molar-refractivity contribution in [2.45, 2.75) is 43.3 Å². The van der Waals surface area contributed by atoms with Gasteiger partial charge in [0.2, 0.25) is 5.91 Å².